The highest BCUT2D eigenvalue weighted by molar-refractivity contribution is 5.53. The number of pyridine rings is 1. The number of nitrogens with zero attached hydrogens (tertiary/aromatic N) is 3. The van der Waals surface area contributed by atoms with E-state index in [-0.39, 0.29) is 12.0 Å². The quantitative estimate of drug-likeness (QED) is 0.719. The summed E-state index contributed by atoms with van der Waals surface area (Å²) in [5, 5.41) is 4.11. The van der Waals surface area contributed by atoms with E-state index in [2.05, 4.69) is 15.1 Å². The van der Waals surface area contributed by atoms with Gasteiger partial charge in [-0.15, -0.1) is 0 Å². The first-order chi connectivity index (χ1) is 12.3. The van der Waals surface area contributed by atoms with Crippen LogP contribution in [0.3, 0.4) is 0 Å². The zero-order chi connectivity index (χ0) is 16.6. The van der Waals surface area contributed by atoms with Gasteiger partial charge in [-0.1, -0.05) is 23.4 Å². The summed E-state index contributed by atoms with van der Waals surface area (Å²) in [5.74, 6) is 2.73. The minimum Gasteiger partial charge on any atom is -0.439 e. The third kappa shape index (κ3) is 2.78. The first-order valence-electron chi connectivity index (χ1n) is 8.53. The lowest BCUT2D eigenvalue weighted by molar-refractivity contribution is 0.0974. The number of fused-ring (bicyclic) bond motifs is 2. The van der Waals surface area contributed by atoms with E-state index in [4.69, 9.17) is 14.0 Å². The Balaban J connectivity index is 1.32. The van der Waals surface area contributed by atoms with Crippen molar-refractivity contribution in [3.8, 4) is 23.0 Å². The number of hydrogen-bond acceptors (Lipinski definition) is 6. The van der Waals surface area contributed by atoms with Crippen LogP contribution < -0.4 is 4.74 Å². The summed E-state index contributed by atoms with van der Waals surface area (Å²) in [6.45, 7) is 0. The third-order valence-corrected chi connectivity index (χ3v) is 4.83. The summed E-state index contributed by atoms with van der Waals surface area (Å²) in [7, 11) is 0. The molecule has 2 aliphatic heterocycles. The van der Waals surface area contributed by atoms with E-state index in [9.17, 15) is 0 Å². The Morgan fingerprint density at radius 3 is 2.68 bits per heavy atom. The fraction of sp³-hybridized carbons (Fsp3) is 0.316. The SMILES string of the molecule is c1ccc(Oc2ccc(-c3noc([C@H]4C[C@@H]5CC[C@@H]4O5)n3)cn2)cc1. The molecule has 2 aromatic heterocycles. The van der Waals surface area contributed by atoms with Gasteiger partial charge in [0.15, 0.2) is 0 Å². The number of aromatic nitrogens is 3. The summed E-state index contributed by atoms with van der Waals surface area (Å²) >= 11 is 0. The summed E-state index contributed by atoms with van der Waals surface area (Å²) < 4.78 is 17.0. The molecule has 0 amide bonds. The smallest absolute Gasteiger partial charge is 0.232 e. The lowest BCUT2D eigenvalue weighted by Crippen LogP contribution is -2.14. The molecule has 3 aromatic rings. The van der Waals surface area contributed by atoms with Gasteiger partial charge in [-0.3, -0.25) is 0 Å². The fourth-order valence-electron chi connectivity index (χ4n) is 3.58. The van der Waals surface area contributed by atoms with E-state index >= 15 is 0 Å². The van der Waals surface area contributed by atoms with Gasteiger partial charge in [0, 0.05) is 17.8 Å². The molecule has 4 heterocycles. The molecule has 2 aliphatic rings. The second-order valence-corrected chi connectivity index (χ2v) is 6.47. The van der Waals surface area contributed by atoms with Crippen molar-refractivity contribution in [1.82, 2.24) is 15.1 Å². The summed E-state index contributed by atoms with van der Waals surface area (Å²) in [4.78, 5) is 8.88. The minimum absolute atomic E-state index is 0.230. The lowest BCUT2D eigenvalue weighted by Gasteiger charge is -2.13. The Kier molecular flexibility index (Phi) is 3.48. The maximum atomic E-state index is 5.87. The second kappa shape index (κ2) is 5.97. The molecule has 0 unspecified atom stereocenters. The largest absolute Gasteiger partial charge is 0.439 e. The molecule has 6 nitrogen and oxygen atoms in total. The fourth-order valence-corrected chi connectivity index (χ4v) is 3.58. The second-order valence-electron chi connectivity index (χ2n) is 6.47. The molecule has 2 saturated heterocycles. The highest BCUT2D eigenvalue weighted by Crippen LogP contribution is 2.44. The van der Waals surface area contributed by atoms with Gasteiger partial charge in [0.2, 0.25) is 17.6 Å². The van der Waals surface area contributed by atoms with Crippen LogP contribution in [-0.2, 0) is 4.74 Å². The van der Waals surface area contributed by atoms with Crippen molar-refractivity contribution >= 4 is 0 Å². The Bertz CT molecular complexity index is 863. The van der Waals surface area contributed by atoms with E-state index in [0.717, 1.165) is 30.6 Å². The summed E-state index contributed by atoms with van der Waals surface area (Å²) in [6, 6.07) is 13.2. The molecule has 3 atom stereocenters. The van der Waals surface area contributed by atoms with Crippen LogP contribution >= 0.6 is 0 Å². The van der Waals surface area contributed by atoms with Gasteiger partial charge in [-0.25, -0.2) is 4.98 Å². The first kappa shape index (κ1) is 14.6. The van der Waals surface area contributed by atoms with Crippen molar-refractivity contribution < 1.29 is 14.0 Å². The average molecular weight is 335 g/mol. The van der Waals surface area contributed by atoms with Crippen molar-refractivity contribution in [2.45, 2.75) is 37.4 Å². The van der Waals surface area contributed by atoms with E-state index in [0.29, 0.717) is 23.7 Å². The molecule has 1 aromatic carbocycles. The topological polar surface area (TPSA) is 70.3 Å². The number of hydrogen-bond donors (Lipinski definition) is 0. The highest BCUT2D eigenvalue weighted by atomic mass is 16.5. The van der Waals surface area contributed by atoms with Crippen molar-refractivity contribution in [3.63, 3.8) is 0 Å². The van der Waals surface area contributed by atoms with Crippen LogP contribution in [-0.4, -0.2) is 27.3 Å². The standard InChI is InChI=1S/C19H17N3O3/c1-2-4-13(5-3-1)24-17-9-6-12(11-20-17)18-21-19(25-22-18)15-10-14-7-8-16(15)23-14/h1-6,9,11,14-16H,7-8,10H2/t14-,15-,16-/m0/s1. The van der Waals surface area contributed by atoms with Crippen molar-refractivity contribution in [2.24, 2.45) is 0 Å². The third-order valence-electron chi connectivity index (χ3n) is 4.83. The molecule has 25 heavy (non-hydrogen) atoms. The van der Waals surface area contributed by atoms with E-state index in [1.807, 2.05) is 36.4 Å². The summed E-state index contributed by atoms with van der Waals surface area (Å²) in [6.07, 6.45) is 5.51. The molecule has 5 rings (SSSR count). The average Bonchev–Trinajstić information content (AvgIpc) is 3.40. The predicted octanol–water partition coefficient (Wildman–Crippen LogP) is 3.96. The van der Waals surface area contributed by atoms with E-state index < -0.39 is 0 Å². The van der Waals surface area contributed by atoms with Gasteiger partial charge in [0.05, 0.1) is 18.1 Å². The Labute approximate surface area is 144 Å². The molecule has 0 saturated carbocycles. The van der Waals surface area contributed by atoms with Crippen molar-refractivity contribution in [2.75, 3.05) is 0 Å². The van der Waals surface area contributed by atoms with Gasteiger partial charge in [0.25, 0.3) is 0 Å². The van der Waals surface area contributed by atoms with Gasteiger partial charge in [-0.2, -0.15) is 4.98 Å². The molecule has 2 bridgehead atoms. The van der Waals surface area contributed by atoms with Crippen LogP contribution in [0, 0.1) is 0 Å². The summed E-state index contributed by atoms with van der Waals surface area (Å²) in [5.41, 5.74) is 0.805. The Hall–Kier alpha value is -2.73. The van der Waals surface area contributed by atoms with Crippen LogP contribution in [0.4, 0.5) is 0 Å². The highest BCUT2D eigenvalue weighted by Gasteiger charge is 2.44. The monoisotopic (exact) mass is 335 g/mol. The van der Waals surface area contributed by atoms with Crippen LogP contribution in [0.1, 0.15) is 31.1 Å². The maximum absolute atomic E-state index is 5.87. The molecular weight excluding hydrogens is 318 g/mol. The molecular formula is C19H17N3O3. The molecule has 2 fully saturated rings. The van der Waals surface area contributed by atoms with Crippen LogP contribution in [0.15, 0.2) is 53.2 Å². The molecule has 0 radical (unpaired) electrons. The van der Waals surface area contributed by atoms with Crippen LogP contribution in [0.5, 0.6) is 11.6 Å². The number of rotatable bonds is 4. The lowest BCUT2D eigenvalue weighted by atomic mass is 9.89. The predicted molar refractivity (Wildman–Crippen MR) is 89.3 cm³/mol. The van der Waals surface area contributed by atoms with Crippen molar-refractivity contribution in [3.05, 3.63) is 54.6 Å². The minimum atomic E-state index is 0.230. The maximum Gasteiger partial charge on any atom is 0.232 e. The number of ether oxygens (including phenoxy) is 2. The number of benzene rings is 1. The van der Waals surface area contributed by atoms with E-state index in [1.165, 1.54) is 0 Å². The van der Waals surface area contributed by atoms with Gasteiger partial charge >= 0.3 is 0 Å². The van der Waals surface area contributed by atoms with Gasteiger partial charge < -0.3 is 14.0 Å². The van der Waals surface area contributed by atoms with E-state index in [1.54, 1.807) is 12.3 Å². The molecule has 0 aliphatic carbocycles. The molecule has 0 spiro atoms. The van der Waals surface area contributed by atoms with Gasteiger partial charge in [0.1, 0.15) is 5.75 Å². The van der Waals surface area contributed by atoms with Gasteiger partial charge in [-0.05, 0) is 37.5 Å². The van der Waals surface area contributed by atoms with Crippen molar-refractivity contribution in [1.29, 1.82) is 0 Å². The zero-order valence-corrected chi connectivity index (χ0v) is 13.5. The number of para-hydroxylation sites is 1. The first-order valence-corrected chi connectivity index (χ1v) is 8.53. The molecule has 0 N–H and O–H groups in total. The Morgan fingerprint density at radius 1 is 1.04 bits per heavy atom. The molecule has 126 valence electrons. The zero-order valence-electron chi connectivity index (χ0n) is 13.5. The van der Waals surface area contributed by atoms with Crippen LogP contribution in [0.2, 0.25) is 0 Å². The van der Waals surface area contributed by atoms with Crippen LogP contribution in [0.25, 0.3) is 11.4 Å². The Morgan fingerprint density at radius 2 is 1.96 bits per heavy atom. The molecule has 6 heteroatoms. The normalized spacial score (nSPS) is 24.6.